The fourth-order valence-electron chi connectivity index (χ4n) is 5.73. The lowest BCUT2D eigenvalue weighted by Gasteiger charge is -2.47. The Morgan fingerprint density at radius 1 is 0.909 bits per heavy atom. The van der Waals surface area contributed by atoms with Crippen molar-refractivity contribution in [3.05, 3.63) is 60.7 Å². The minimum absolute atomic E-state index is 0.0157. The van der Waals surface area contributed by atoms with Crippen LogP contribution >= 0.6 is 0 Å². The summed E-state index contributed by atoms with van der Waals surface area (Å²) in [7, 11) is -2.53. The molecule has 4 rings (SSSR count). The molecular formula is C27H38N2O3Si. The van der Waals surface area contributed by atoms with E-state index in [1.54, 1.807) is 4.90 Å². The number of benzene rings is 2. The average molecular weight is 467 g/mol. The molecule has 2 aromatic carbocycles. The number of carboxylic acid groups (broad SMARTS) is 1. The van der Waals surface area contributed by atoms with Crippen molar-refractivity contribution in [3.8, 4) is 0 Å². The average Bonchev–Trinajstić information content (AvgIpc) is 2.83. The standard InChI is InChI=1S/C27H38N2O3Si/c1-27(2,3)33(24-12-6-4-7-13-24,25-14-8-5-9-15-25)32-23-16-19-28(20-17-23)22-11-10-18-29(21-22)26(30)31/h4-9,12-15,22-23H,10-11,16-21H2,1-3H3,(H,30,31)/t22-/m0/s1. The highest BCUT2D eigenvalue weighted by atomic mass is 28.4. The quantitative estimate of drug-likeness (QED) is 0.672. The van der Waals surface area contributed by atoms with Crippen LogP contribution < -0.4 is 10.4 Å². The Morgan fingerprint density at radius 3 is 1.94 bits per heavy atom. The van der Waals surface area contributed by atoms with Crippen LogP contribution in [0.1, 0.15) is 46.5 Å². The molecule has 0 unspecified atom stereocenters. The monoisotopic (exact) mass is 466 g/mol. The Hall–Kier alpha value is -2.15. The minimum Gasteiger partial charge on any atom is -0.465 e. The van der Waals surface area contributed by atoms with Gasteiger partial charge in [0.15, 0.2) is 0 Å². The summed E-state index contributed by atoms with van der Waals surface area (Å²) in [5.41, 5.74) is 0. The number of nitrogens with zero attached hydrogens (tertiary/aromatic N) is 2. The van der Waals surface area contributed by atoms with Crippen molar-refractivity contribution < 1.29 is 14.3 Å². The molecule has 2 saturated heterocycles. The lowest BCUT2D eigenvalue weighted by atomic mass is 10.00. The number of hydrogen-bond donors (Lipinski definition) is 1. The van der Waals surface area contributed by atoms with Gasteiger partial charge in [-0.25, -0.2) is 4.79 Å². The first kappa shape index (κ1) is 24.0. The van der Waals surface area contributed by atoms with Gasteiger partial charge in [-0.15, -0.1) is 0 Å². The maximum absolute atomic E-state index is 11.4. The topological polar surface area (TPSA) is 53.0 Å². The van der Waals surface area contributed by atoms with Gasteiger partial charge in [-0.1, -0.05) is 81.4 Å². The van der Waals surface area contributed by atoms with E-state index < -0.39 is 14.4 Å². The number of rotatable bonds is 5. The Balaban J connectivity index is 1.54. The third kappa shape index (κ3) is 5.03. The Bertz CT molecular complexity index is 868. The van der Waals surface area contributed by atoms with Crippen LogP contribution in [0.3, 0.4) is 0 Å². The normalized spacial score (nSPS) is 21.2. The highest BCUT2D eigenvalue weighted by Crippen LogP contribution is 2.38. The second-order valence-corrected chi connectivity index (χ2v) is 14.8. The summed E-state index contributed by atoms with van der Waals surface area (Å²) < 4.78 is 7.32. The predicted octanol–water partition coefficient (Wildman–Crippen LogP) is 4.17. The van der Waals surface area contributed by atoms with E-state index in [4.69, 9.17) is 4.43 Å². The molecule has 0 radical (unpaired) electrons. The van der Waals surface area contributed by atoms with Gasteiger partial charge in [0.25, 0.3) is 8.32 Å². The summed E-state index contributed by atoms with van der Waals surface area (Å²) in [6.07, 6.45) is 3.46. The highest BCUT2D eigenvalue weighted by molar-refractivity contribution is 6.99. The minimum atomic E-state index is -2.53. The molecule has 0 spiro atoms. The van der Waals surface area contributed by atoms with E-state index >= 15 is 0 Å². The Labute approximate surface area is 199 Å². The molecule has 33 heavy (non-hydrogen) atoms. The maximum Gasteiger partial charge on any atom is 0.407 e. The molecule has 0 aromatic heterocycles. The first-order valence-electron chi connectivity index (χ1n) is 12.3. The molecule has 1 amide bonds. The Morgan fingerprint density at radius 2 is 1.45 bits per heavy atom. The van der Waals surface area contributed by atoms with Crippen LogP contribution in [0, 0.1) is 0 Å². The molecule has 0 saturated carbocycles. The molecule has 6 heteroatoms. The van der Waals surface area contributed by atoms with Crippen molar-refractivity contribution in [3.63, 3.8) is 0 Å². The fourth-order valence-corrected chi connectivity index (χ4v) is 10.5. The van der Waals surface area contributed by atoms with E-state index in [-0.39, 0.29) is 11.1 Å². The van der Waals surface area contributed by atoms with Gasteiger partial charge in [0.1, 0.15) is 0 Å². The zero-order chi connectivity index (χ0) is 23.5. The van der Waals surface area contributed by atoms with Crippen LogP contribution in [-0.2, 0) is 4.43 Å². The lowest BCUT2D eigenvalue weighted by molar-refractivity contribution is 0.0399. The summed E-state index contributed by atoms with van der Waals surface area (Å²) in [6.45, 7) is 10.2. The molecule has 2 aliphatic heterocycles. The van der Waals surface area contributed by atoms with Crippen molar-refractivity contribution in [1.29, 1.82) is 0 Å². The van der Waals surface area contributed by atoms with E-state index in [0.717, 1.165) is 38.8 Å². The third-order valence-corrected chi connectivity index (χ3v) is 12.5. The fraction of sp³-hybridized carbons (Fsp3) is 0.519. The number of carbonyl (C=O) groups is 1. The van der Waals surface area contributed by atoms with Crippen LogP contribution in [0.5, 0.6) is 0 Å². The molecule has 5 nitrogen and oxygen atoms in total. The van der Waals surface area contributed by atoms with Crippen molar-refractivity contribution >= 4 is 24.8 Å². The summed E-state index contributed by atoms with van der Waals surface area (Å²) in [4.78, 5) is 15.5. The van der Waals surface area contributed by atoms with Gasteiger partial charge in [0, 0.05) is 38.3 Å². The first-order chi connectivity index (χ1) is 15.8. The van der Waals surface area contributed by atoms with Crippen molar-refractivity contribution in [1.82, 2.24) is 9.80 Å². The number of likely N-dealkylation sites (tertiary alicyclic amines) is 2. The van der Waals surface area contributed by atoms with Crippen LogP contribution in [0.4, 0.5) is 4.79 Å². The van der Waals surface area contributed by atoms with Gasteiger partial charge >= 0.3 is 6.09 Å². The molecule has 1 N–H and O–H groups in total. The number of amides is 1. The van der Waals surface area contributed by atoms with Gasteiger partial charge in [-0.05, 0) is 41.1 Å². The van der Waals surface area contributed by atoms with E-state index in [1.165, 1.54) is 10.4 Å². The van der Waals surface area contributed by atoms with E-state index in [9.17, 15) is 9.90 Å². The van der Waals surface area contributed by atoms with Crippen LogP contribution in [-0.4, -0.2) is 67.6 Å². The summed E-state index contributed by atoms with van der Waals surface area (Å²) >= 11 is 0. The van der Waals surface area contributed by atoms with Crippen molar-refractivity contribution in [2.45, 2.75) is 63.6 Å². The number of hydrogen-bond acceptors (Lipinski definition) is 3. The van der Waals surface area contributed by atoms with E-state index in [0.29, 0.717) is 19.1 Å². The van der Waals surface area contributed by atoms with Crippen LogP contribution in [0.25, 0.3) is 0 Å². The highest BCUT2D eigenvalue weighted by Gasteiger charge is 2.51. The van der Waals surface area contributed by atoms with Gasteiger partial charge < -0.3 is 14.4 Å². The number of piperidine rings is 2. The first-order valence-corrected chi connectivity index (χ1v) is 14.2. The summed E-state index contributed by atoms with van der Waals surface area (Å²) in [6, 6.07) is 22.0. The summed E-state index contributed by atoms with van der Waals surface area (Å²) in [5, 5.41) is 12.1. The van der Waals surface area contributed by atoms with E-state index in [2.05, 4.69) is 86.3 Å². The van der Waals surface area contributed by atoms with Crippen molar-refractivity contribution in [2.75, 3.05) is 26.2 Å². The molecule has 2 heterocycles. The molecule has 178 valence electrons. The van der Waals surface area contributed by atoms with Gasteiger partial charge in [0.05, 0.1) is 0 Å². The molecule has 2 aliphatic rings. The largest absolute Gasteiger partial charge is 0.465 e. The van der Waals surface area contributed by atoms with E-state index in [1.807, 2.05) is 0 Å². The van der Waals surface area contributed by atoms with Gasteiger partial charge in [-0.2, -0.15) is 0 Å². The smallest absolute Gasteiger partial charge is 0.407 e. The van der Waals surface area contributed by atoms with Crippen molar-refractivity contribution in [2.24, 2.45) is 0 Å². The Kier molecular flexibility index (Phi) is 7.27. The lowest BCUT2D eigenvalue weighted by Crippen LogP contribution is -2.68. The van der Waals surface area contributed by atoms with Gasteiger partial charge in [0.2, 0.25) is 0 Å². The maximum atomic E-state index is 11.4. The third-order valence-electron chi connectivity index (χ3n) is 7.42. The van der Waals surface area contributed by atoms with Crippen LogP contribution in [0.2, 0.25) is 5.04 Å². The van der Waals surface area contributed by atoms with Gasteiger partial charge in [-0.3, -0.25) is 4.90 Å². The zero-order valence-electron chi connectivity index (χ0n) is 20.2. The summed E-state index contributed by atoms with van der Waals surface area (Å²) in [5.74, 6) is 0. The molecule has 1 atom stereocenters. The molecule has 0 aliphatic carbocycles. The van der Waals surface area contributed by atoms with Crippen LogP contribution in [0.15, 0.2) is 60.7 Å². The molecular weight excluding hydrogens is 428 g/mol. The molecule has 2 aromatic rings. The molecule has 2 fully saturated rings. The predicted molar refractivity (Wildman–Crippen MR) is 136 cm³/mol. The second kappa shape index (κ2) is 10.00. The zero-order valence-corrected chi connectivity index (χ0v) is 21.2. The SMILES string of the molecule is CC(C)(C)[Si](OC1CCN([C@H]2CCCN(C(=O)O)C2)CC1)(c1ccccc1)c1ccccc1. The molecule has 0 bridgehead atoms. The second-order valence-electron chi connectivity index (χ2n) is 10.5.